The van der Waals surface area contributed by atoms with Crippen molar-refractivity contribution in [2.45, 2.75) is 52.4 Å². The summed E-state index contributed by atoms with van der Waals surface area (Å²) in [5, 5.41) is 1.20. The van der Waals surface area contributed by atoms with Crippen molar-refractivity contribution in [2.75, 3.05) is 0 Å². The molecule has 3 aromatic carbocycles. The van der Waals surface area contributed by atoms with Gasteiger partial charge in [0.2, 0.25) is 0 Å². The fourth-order valence-electron chi connectivity index (χ4n) is 4.36. The van der Waals surface area contributed by atoms with E-state index < -0.39 is 0 Å². The maximum Gasteiger partial charge on any atom is 0.0716 e. The maximum absolute atomic E-state index is 4.84. The Balaban J connectivity index is 1.57. The monoisotopic (exact) mass is 475 g/mol. The van der Waals surface area contributed by atoms with Crippen LogP contribution < -0.4 is 0 Å². The predicted molar refractivity (Wildman–Crippen MR) is 153 cm³/mol. The summed E-state index contributed by atoms with van der Waals surface area (Å²) >= 11 is 1.86. The van der Waals surface area contributed by atoms with Crippen molar-refractivity contribution in [3.8, 4) is 32.8 Å². The second-order valence-electron chi connectivity index (χ2n) is 11.5. The van der Waals surface area contributed by atoms with Crippen LogP contribution in [0.2, 0.25) is 0 Å². The standard InChI is InChI=1S/C33H33NS/c1-32(2,3)27-16-25(17-28(19-27)33(4,5)6)30-18-26-21-34-29(20-31(26)35-30)24-14-10-13-23(15-24)22-11-8-7-9-12-22/h7-21H,1-6H3. The summed E-state index contributed by atoms with van der Waals surface area (Å²) in [6, 6.07) is 30.9. The van der Waals surface area contributed by atoms with Gasteiger partial charge in [-0.1, -0.05) is 96.1 Å². The Morgan fingerprint density at radius 2 is 1.20 bits per heavy atom. The molecule has 2 heteroatoms. The Morgan fingerprint density at radius 1 is 0.571 bits per heavy atom. The van der Waals surface area contributed by atoms with Crippen LogP contribution >= 0.6 is 11.3 Å². The zero-order chi connectivity index (χ0) is 24.8. The molecule has 0 aliphatic rings. The lowest BCUT2D eigenvalue weighted by Crippen LogP contribution is -2.16. The molecule has 0 saturated heterocycles. The molecular formula is C33H33NS. The van der Waals surface area contributed by atoms with Crippen molar-refractivity contribution >= 4 is 21.4 Å². The first-order valence-corrected chi connectivity index (χ1v) is 13.1. The molecule has 2 heterocycles. The molecular weight excluding hydrogens is 442 g/mol. The van der Waals surface area contributed by atoms with E-state index in [0.717, 1.165) is 11.3 Å². The Labute approximate surface area is 213 Å². The van der Waals surface area contributed by atoms with Crippen molar-refractivity contribution in [2.24, 2.45) is 0 Å². The second-order valence-corrected chi connectivity index (χ2v) is 12.5. The molecule has 0 bridgehead atoms. The van der Waals surface area contributed by atoms with Gasteiger partial charge in [0, 0.05) is 26.7 Å². The van der Waals surface area contributed by atoms with Crippen LogP contribution in [0.4, 0.5) is 0 Å². The van der Waals surface area contributed by atoms with Crippen LogP contribution in [0.5, 0.6) is 0 Å². The van der Waals surface area contributed by atoms with E-state index >= 15 is 0 Å². The molecule has 0 amide bonds. The average Bonchev–Trinajstić information content (AvgIpc) is 3.27. The first-order chi connectivity index (χ1) is 16.6. The van der Waals surface area contributed by atoms with E-state index in [1.807, 2.05) is 17.5 Å². The Hall–Kier alpha value is -3.23. The number of pyridine rings is 1. The molecule has 0 saturated carbocycles. The van der Waals surface area contributed by atoms with Crippen LogP contribution in [-0.4, -0.2) is 4.98 Å². The van der Waals surface area contributed by atoms with Gasteiger partial charge < -0.3 is 0 Å². The van der Waals surface area contributed by atoms with Gasteiger partial charge in [0.15, 0.2) is 0 Å². The fraction of sp³-hybridized carbons (Fsp3) is 0.242. The number of thiophene rings is 1. The summed E-state index contributed by atoms with van der Waals surface area (Å²) in [7, 11) is 0. The van der Waals surface area contributed by atoms with Crippen molar-refractivity contribution in [1.29, 1.82) is 0 Å². The van der Waals surface area contributed by atoms with Gasteiger partial charge in [0.05, 0.1) is 5.69 Å². The highest BCUT2D eigenvalue weighted by Gasteiger charge is 2.21. The van der Waals surface area contributed by atoms with Crippen molar-refractivity contribution in [1.82, 2.24) is 4.98 Å². The smallest absolute Gasteiger partial charge is 0.0716 e. The van der Waals surface area contributed by atoms with Gasteiger partial charge in [0.1, 0.15) is 0 Å². The second kappa shape index (κ2) is 8.77. The first-order valence-electron chi connectivity index (χ1n) is 12.3. The molecule has 0 atom stereocenters. The molecule has 0 radical (unpaired) electrons. The van der Waals surface area contributed by atoms with Crippen LogP contribution in [-0.2, 0) is 10.8 Å². The highest BCUT2D eigenvalue weighted by atomic mass is 32.1. The molecule has 176 valence electrons. The molecule has 35 heavy (non-hydrogen) atoms. The highest BCUT2D eigenvalue weighted by molar-refractivity contribution is 7.22. The normalized spacial score (nSPS) is 12.3. The summed E-state index contributed by atoms with van der Waals surface area (Å²) in [5.41, 5.74) is 8.87. The number of hydrogen-bond donors (Lipinski definition) is 0. The third-order valence-electron chi connectivity index (χ3n) is 6.62. The van der Waals surface area contributed by atoms with Crippen LogP contribution in [0, 0.1) is 0 Å². The van der Waals surface area contributed by atoms with Gasteiger partial charge in [-0.3, -0.25) is 4.98 Å². The molecule has 5 rings (SSSR count). The molecule has 0 spiro atoms. The molecule has 0 N–H and O–H groups in total. The van der Waals surface area contributed by atoms with E-state index in [2.05, 4.69) is 126 Å². The molecule has 2 aromatic heterocycles. The summed E-state index contributed by atoms with van der Waals surface area (Å²) < 4.78 is 1.27. The Morgan fingerprint density at radius 3 is 1.86 bits per heavy atom. The minimum atomic E-state index is 0.102. The van der Waals surface area contributed by atoms with E-state index in [1.165, 1.54) is 42.8 Å². The summed E-state index contributed by atoms with van der Waals surface area (Å²) in [6.07, 6.45) is 2.03. The zero-order valence-electron chi connectivity index (χ0n) is 21.5. The minimum Gasteiger partial charge on any atom is -0.256 e. The van der Waals surface area contributed by atoms with Gasteiger partial charge in [0.25, 0.3) is 0 Å². The first kappa shape index (κ1) is 23.5. The summed E-state index contributed by atoms with van der Waals surface area (Å²) in [4.78, 5) is 6.14. The number of benzene rings is 3. The zero-order valence-corrected chi connectivity index (χ0v) is 22.3. The van der Waals surface area contributed by atoms with Gasteiger partial charge in [-0.05, 0) is 69.0 Å². The Kier molecular flexibility index (Phi) is 5.89. The van der Waals surface area contributed by atoms with E-state index in [9.17, 15) is 0 Å². The fourth-order valence-corrected chi connectivity index (χ4v) is 5.42. The van der Waals surface area contributed by atoms with Gasteiger partial charge >= 0.3 is 0 Å². The van der Waals surface area contributed by atoms with Gasteiger partial charge in [-0.2, -0.15) is 0 Å². The van der Waals surface area contributed by atoms with E-state index in [-0.39, 0.29) is 10.8 Å². The molecule has 0 aliphatic heterocycles. The van der Waals surface area contributed by atoms with Crippen molar-refractivity contribution in [3.05, 3.63) is 102 Å². The van der Waals surface area contributed by atoms with Crippen molar-refractivity contribution < 1.29 is 0 Å². The van der Waals surface area contributed by atoms with E-state index in [0.29, 0.717) is 0 Å². The number of rotatable bonds is 3. The van der Waals surface area contributed by atoms with E-state index in [1.54, 1.807) is 0 Å². The third kappa shape index (κ3) is 4.94. The number of nitrogens with zero attached hydrogens (tertiary/aromatic N) is 1. The lowest BCUT2D eigenvalue weighted by molar-refractivity contribution is 0.569. The predicted octanol–water partition coefficient (Wildman–Crippen LogP) is 9.89. The van der Waals surface area contributed by atoms with Gasteiger partial charge in [-0.25, -0.2) is 0 Å². The molecule has 1 nitrogen and oxygen atoms in total. The third-order valence-corrected chi connectivity index (χ3v) is 7.76. The molecule has 5 aromatic rings. The molecule has 0 aliphatic carbocycles. The van der Waals surface area contributed by atoms with Gasteiger partial charge in [-0.15, -0.1) is 11.3 Å². The van der Waals surface area contributed by atoms with Crippen LogP contribution in [0.1, 0.15) is 52.7 Å². The molecule has 0 fully saturated rings. The summed E-state index contributed by atoms with van der Waals surface area (Å²) in [6.45, 7) is 13.8. The van der Waals surface area contributed by atoms with Crippen molar-refractivity contribution in [3.63, 3.8) is 0 Å². The highest BCUT2D eigenvalue weighted by Crippen LogP contribution is 2.39. The number of fused-ring (bicyclic) bond motifs is 1. The summed E-state index contributed by atoms with van der Waals surface area (Å²) in [5.74, 6) is 0. The number of hydrogen-bond acceptors (Lipinski definition) is 2. The maximum atomic E-state index is 4.84. The minimum absolute atomic E-state index is 0.102. The van der Waals surface area contributed by atoms with Crippen LogP contribution in [0.3, 0.4) is 0 Å². The largest absolute Gasteiger partial charge is 0.256 e. The quantitative estimate of drug-likeness (QED) is 0.253. The average molecular weight is 476 g/mol. The SMILES string of the molecule is CC(C)(C)c1cc(-c2cc3cnc(-c4cccc(-c5ccccc5)c4)cc3s2)cc(C(C)(C)C)c1. The topological polar surface area (TPSA) is 12.9 Å². The lowest BCUT2D eigenvalue weighted by Gasteiger charge is -2.26. The lowest BCUT2D eigenvalue weighted by atomic mass is 9.79. The van der Waals surface area contributed by atoms with E-state index in [4.69, 9.17) is 4.98 Å². The number of aromatic nitrogens is 1. The van der Waals surface area contributed by atoms with Crippen LogP contribution in [0.15, 0.2) is 91.1 Å². The molecule has 0 unspecified atom stereocenters. The van der Waals surface area contributed by atoms with Crippen LogP contribution in [0.25, 0.3) is 42.9 Å². The Bertz CT molecular complexity index is 1460.